The second-order valence-corrected chi connectivity index (χ2v) is 8.40. The quantitative estimate of drug-likeness (QED) is 0.775. The van der Waals surface area contributed by atoms with Crippen LogP contribution in [0.2, 0.25) is 0 Å². The average Bonchev–Trinajstić information content (AvgIpc) is 3.08. The first-order valence-electron chi connectivity index (χ1n) is 6.88. The highest BCUT2D eigenvalue weighted by atomic mass is 32.2. The van der Waals surface area contributed by atoms with Crippen LogP contribution in [0.1, 0.15) is 39.2 Å². The Bertz CT molecular complexity index is 605. The number of nitrogens with two attached hydrogens (primary N) is 1. The highest BCUT2D eigenvalue weighted by Gasteiger charge is 2.52. The summed E-state index contributed by atoms with van der Waals surface area (Å²) < 4.78 is 21.9. The monoisotopic (exact) mass is 329 g/mol. The highest BCUT2D eigenvalue weighted by Crippen LogP contribution is 2.44. The molecule has 7 nitrogen and oxygen atoms in total. The van der Waals surface area contributed by atoms with Crippen LogP contribution in [0.4, 0.5) is 4.79 Å². The summed E-state index contributed by atoms with van der Waals surface area (Å²) in [6.07, 6.45) is 4.21. The van der Waals surface area contributed by atoms with Gasteiger partial charge < -0.3 is 10.4 Å². The SMILES string of the molecule is CC(C)(C)NC(=O)O.NS(=O)(=O)C1(Cc2ccncc2)CC1. The Morgan fingerprint density at radius 3 is 2.14 bits per heavy atom. The molecular formula is C14H23N3O4S. The van der Waals surface area contributed by atoms with Crippen LogP contribution in [-0.4, -0.2) is 34.9 Å². The van der Waals surface area contributed by atoms with Crippen molar-refractivity contribution in [1.29, 1.82) is 0 Å². The number of aromatic nitrogens is 1. The predicted molar refractivity (Wildman–Crippen MR) is 83.9 cm³/mol. The summed E-state index contributed by atoms with van der Waals surface area (Å²) in [6.45, 7) is 5.38. The molecule has 1 amide bonds. The minimum Gasteiger partial charge on any atom is -0.465 e. The second kappa shape index (κ2) is 6.62. The number of nitrogens with zero attached hydrogens (tertiary/aromatic N) is 1. The molecule has 0 aliphatic heterocycles. The van der Waals surface area contributed by atoms with E-state index in [0.717, 1.165) is 5.56 Å². The average molecular weight is 329 g/mol. The van der Waals surface area contributed by atoms with Crippen LogP contribution in [0.5, 0.6) is 0 Å². The Labute approximate surface area is 131 Å². The van der Waals surface area contributed by atoms with Crippen molar-refractivity contribution < 1.29 is 18.3 Å². The van der Waals surface area contributed by atoms with Gasteiger partial charge in [-0.15, -0.1) is 0 Å². The number of rotatable bonds is 3. The van der Waals surface area contributed by atoms with Gasteiger partial charge in [0.2, 0.25) is 10.0 Å². The molecule has 8 heteroatoms. The fraction of sp³-hybridized carbons (Fsp3) is 0.571. The summed E-state index contributed by atoms with van der Waals surface area (Å²) >= 11 is 0. The Morgan fingerprint density at radius 2 is 1.86 bits per heavy atom. The number of hydrogen-bond donors (Lipinski definition) is 3. The lowest BCUT2D eigenvalue weighted by molar-refractivity contribution is 0.184. The Hall–Kier alpha value is -1.67. The van der Waals surface area contributed by atoms with Crippen molar-refractivity contribution >= 4 is 16.1 Å². The van der Waals surface area contributed by atoms with E-state index in [1.165, 1.54) is 0 Å². The third kappa shape index (κ3) is 5.98. The van der Waals surface area contributed by atoms with E-state index in [9.17, 15) is 13.2 Å². The zero-order chi connectivity index (χ0) is 17.0. The first-order chi connectivity index (χ1) is 9.95. The van der Waals surface area contributed by atoms with E-state index in [0.29, 0.717) is 19.3 Å². The predicted octanol–water partition coefficient (Wildman–Crippen LogP) is 1.50. The van der Waals surface area contributed by atoms with Crippen molar-refractivity contribution in [2.75, 3.05) is 0 Å². The molecule has 0 saturated heterocycles. The van der Waals surface area contributed by atoms with Crippen LogP contribution in [-0.2, 0) is 16.4 Å². The minimum atomic E-state index is -3.41. The number of carboxylic acid groups (broad SMARTS) is 1. The molecule has 1 saturated carbocycles. The summed E-state index contributed by atoms with van der Waals surface area (Å²) in [5.41, 5.74) is 0.651. The number of amides is 1. The summed E-state index contributed by atoms with van der Waals surface area (Å²) in [5.74, 6) is 0. The van der Waals surface area contributed by atoms with Crippen molar-refractivity contribution in [3.05, 3.63) is 30.1 Å². The molecule has 124 valence electrons. The standard InChI is InChI=1S/C9H12N2O2S.C5H11NO2/c10-14(12,13)9(3-4-9)7-8-1-5-11-6-2-8;1-5(2,3)6-4(7)8/h1-2,5-6H,3-4,7H2,(H2,10,12,13);6H,1-3H3,(H,7,8). The molecular weight excluding hydrogens is 306 g/mol. The summed E-state index contributed by atoms with van der Waals surface area (Å²) in [7, 11) is -3.41. The molecule has 0 atom stereocenters. The zero-order valence-electron chi connectivity index (χ0n) is 13.0. The third-order valence-electron chi connectivity index (χ3n) is 3.17. The van der Waals surface area contributed by atoms with Crippen molar-refractivity contribution in [3.63, 3.8) is 0 Å². The molecule has 0 bridgehead atoms. The van der Waals surface area contributed by atoms with Gasteiger partial charge in [0.25, 0.3) is 0 Å². The van der Waals surface area contributed by atoms with E-state index < -0.39 is 20.9 Å². The first-order valence-corrected chi connectivity index (χ1v) is 8.42. The highest BCUT2D eigenvalue weighted by molar-refractivity contribution is 7.90. The summed E-state index contributed by atoms with van der Waals surface area (Å²) in [4.78, 5) is 13.8. The fourth-order valence-corrected chi connectivity index (χ4v) is 2.93. The lowest BCUT2D eigenvalue weighted by Crippen LogP contribution is -2.39. The molecule has 1 aliphatic carbocycles. The molecule has 4 N–H and O–H groups in total. The smallest absolute Gasteiger partial charge is 0.405 e. The zero-order valence-corrected chi connectivity index (χ0v) is 13.9. The molecule has 1 heterocycles. The number of primary sulfonamides is 1. The van der Waals surface area contributed by atoms with Gasteiger partial charge in [-0.3, -0.25) is 4.98 Å². The number of hydrogen-bond acceptors (Lipinski definition) is 4. The third-order valence-corrected chi connectivity index (χ3v) is 4.93. The van der Waals surface area contributed by atoms with Crippen molar-refractivity contribution in [2.24, 2.45) is 5.14 Å². The second-order valence-electron chi connectivity index (χ2n) is 6.44. The number of nitrogens with one attached hydrogen (secondary N) is 1. The Kier molecular flexibility index (Phi) is 5.53. The van der Waals surface area contributed by atoms with Crippen LogP contribution in [0.3, 0.4) is 0 Å². The van der Waals surface area contributed by atoms with Gasteiger partial charge in [-0.05, 0) is 57.7 Å². The fourth-order valence-electron chi connectivity index (χ4n) is 1.89. The topological polar surface area (TPSA) is 122 Å². The molecule has 0 spiro atoms. The molecule has 0 radical (unpaired) electrons. The van der Waals surface area contributed by atoms with E-state index in [1.807, 2.05) is 12.1 Å². The lowest BCUT2D eigenvalue weighted by atomic mass is 10.1. The Morgan fingerprint density at radius 1 is 1.36 bits per heavy atom. The van der Waals surface area contributed by atoms with Crippen LogP contribution in [0.15, 0.2) is 24.5 Å². The van der Waals surface area contributed by atoms with Crippen LogP contribution in [0.25, 0.3) is 0 Å². The van der Waals surface area contributed by atoms with Gasteiger partial charge in [0.1, 0.15) is 0 Å². The molecule has 1 aromatic rings. The molecule has 1 fully saturated rings. The van der Waals surface area contributed by atoms with E-state index >= 15 is 0 Å². The van der Waals surface area contributed by atoms with Gasteiger partial charge in [0.15, 0.2) is 0 Å². The summed E-state index contributed by atoms with van der Waals surface area (Å²) in [6, 6.07) is 3.65. The molecule has 1 aromatic heterocycles. The minimum absolute atomic E-state index is 0.328. The van der Waals surface area contributed by atoms with Gasteiger partial charge in [0, 0.05) is 17.9 Å². The largest absolute Gasteiger partial charge is 0.465 e. The maximum atomic E-state index is 11.3. The Balaban J connectivity index is 0.000000261. The van der Waals surface area contributed by atoms with Crippen molar-refractivity contribution in [3.8, 4) is 0 Å². The normalized spacial score (nSPS) is 16.2. The van der Waals surface area contributed by atoms with Crippen LogP contribution < -0.4 is 10.5 Å². The van der Waals surface area contributed by atoms with E-state index in [-0.39, 0.29) is 5.54 Å². The maximum absolute atomic E-state index is 11.3. The number of carbonyl (C=O) groups is 1. The van der Waals surface area contributed by atoms with E-state index in [1.54, 1.807) is 33.2 Å². The number of pyridine rings is 1. The van der Waals surface area contributed by atoms with E-state index in [2.05, 4.69) is 10.3 Å². The molecule has 0 unspecified atom stereocenters. The van der Waals surface area contributed by atoms with Gasteiger partial charge in [-0.2, -0.15) is 0 Å². The lowest BCUT2D eigenvalue weighted by Gasteiger charge is -2.16. The molecule has 2 rings (SSSR count). The summed E-state index contributed by atoms with van der Waals surface area (Å²) in [5, 5.41) is 15.6. The first kappa shape index (κ1) is 18.4. The van der Waals surface area contributed by atoms with Crippen molar-refractivity contribution in [2.45, 2.75) is 50.3 Å². The maximum Gasteiger partial charge on any atom is 0.405 e. The number of sulfonamides is 1. The van der Waals surface area contributed by atoms with Gasteiger partial charge >= 0.3 is 6.09 Å². The molecule has 1 aliphatic rings. The van der Waals surface area contributed by atoms with Crippen molar-refractivity contribution in [1.82, 2.24) is 10.3 Å². The van der Waals surface area contributed by atoms with Gasteiger partial charge in [-0.1, -0.05) is 0 Å². The van der Waals surface area contributed by atoms with Gasteiger partial charge in [0.05, 0.1) is 4.75 Å². The van der Waals surface area contributed by atoms with Crippen LogP contribution in [0, 0.1) is 0 Å². The van der Waals surface area contributed by atoms with Gasteiger partial charge in [-0.25, -0.2) is 18.4 Å². The van der Waals surface area contributed by atoms with Crippen LogP contribution >= 0.6 is 0 Å². The van der Waals surface area contributed by atoms with E-state index in [4.69, 9.17) is 10.2 Å². The molecule has 22 heavy (non-hydrogen) atoms. The molecule has 0 aromatic carbocycles.